The molecule has 30 heavy (non-hydrogen) atoms. The first-order valence-corrected chi connectivity index (χ1v) is 10.7. The Morgan fingerprint density at radius 3 is 2.47 bits per heavy atom. The molecule has 1 aromatic rings. The van der Waals surface area contributed by atoms with E-state index in [0.29, 0.717) is 0 Å². The molecule has 1 aliphatic heterocycles. The fourth-order valence-electron chi connectivity index (χ4n) is 2.89. The summed E-state index contributed by atoms with van der Waals surface area (Å²) in [4.78, 5) is 47.9. The molecular weight excluding hydrogens is 461 g/mol. The van der Waals surface area contributed by atoms with E-state index >= 15 is 0 Å². The number of β-lactam (4-membered cyclic amide) rings is 1. The second-order valence-electron chi connectivity index (χ2n) is 6.96. The largest absolute Gasteiger partial charge is 0.480 e. The molecule has 4 atom stereocenters. The molecule has 1 aromatic carbocycles. The molecule has 164 valence electrons. The van der Waals surface area contributed by atoms with Gasteiger partial charge in [-0.1, -0.05) is 29.8 Å². The van der Waals surface area contributed by atoms with Crippen molar-refractivity contribution in [2.75, 3.05) is 6.54 Å². The van der Waals surface area contributed by atoms with Crippen molar-refractivity contribution in [2.24, 2.45) is 0 Å². The summed E-state index contributed by atoms with van der Waals surface area (Å²) in [6.45, 7) is 2.23. The highest BCUT2D eigenvalue weighted by Gasteiger charge is 2.56. The van der Waals surface area contributed by atoms with Crippen LogP contribution in [0, 0.1) is 10.1 Å². The van der Waals surface area contributed by atoms with Crippen molar-refractivity contribution < 1.29 is 29.2 Å². The smallest absolute Gasteiger partial charge is 0.327 e. The fraction of sp³-hybridized carbons (Fsp3) is 0.471. The van der Waals surface area contributed by atoms with Crippen LogP contribution in [0.15, 0.2) is 30.3 Å². The topological polar surface area (TPSA) is 139 Å². The summed E-state index contributed by atoms with van der Waals surface area (Å²) in [5.41, 5.74) is -1.18. The zero-order valence-electron chi connectivity index (χ0n) is 15.9. The number of nitro groups is 1. The molecule has 10 nitrogen and oxygen atoms in total. The molecule has 0 bridgehead atoms. The van der Waals surface area contributed by atoms with Crippen LogP contribution in [0.5, 0.6) is 5.75 Å². The van der Waals surface area contributed by atoms with E-state index < -0.39 is 57.7 Å². The molecule has 0 aliphatic carbocycles. The predicted molar refractivity (Wildman–Crippen MR) is 110 cm³/mol. The molecule has 4 unspecified atom stereocenters. The van der Waals surface area contributed by atoms with E-state index in [1.54, 1.807) is 18.2 Å². The molecule has 2 rings (SSSR count). The first kappa shape index (κ1) is 24.0. The zero-order valence-corrected chi connectivity index (χ0v) is 18.2. The highest BCUT2D eigenvalue weighted by Crippen LogP contribution is 2.39. The first-order valence-electron chi connectivity index (χ1n) is 8.62. The van der Waals surface area contributed by atoms with Gasteiger partial charge in [0.15, 0.2) is 0 Å². The molecular formula is C17H19Cl2N3O7S. The maximum absolute atomic E-state index is 12.6. The molecule has 0 aromatic heterocycles. The minimum atomic E-state index is -1.52. The number of halogens is 2. The van der Waals surface area contributed by atoms with Crippen LogP contribution in [0.2, 0.25) is 0 Å². The van der Waals surface area contributed by atoms with Crippen LogP contribution in [0.1, 0.15) is 13.8 Å². The van der Waals surface area contributed by atoms with Crippen LogP contribution in [0.4, 0.5) is 0 Å². The van der Waals surface area contributed by atoms with Crippen molar-refractivity contribution in [3.05, 3.63) is 40.4 Å². The summed E-state index contributed by atoms with van der Waals surface area (Å²) in [7, 11) is 6.49. The van der Waals surface area contributed by atoms with Gasteiger partial charge in [0.2, 0.25) is 12.6 Å². The number of carbonyl (C=O) groups is 3. The number of nitrogens with one attached hydrogen (secondary N) is 1. The number of alkyl halides is 1. The second kappa shape index (κ2) is 9.71. The van der Waals surface area contributed by atoms with E-state index in [2.05, 4.69) is 5.32 Å². The molecule has 2 amide bonds. The van der Waals surface area contributed by atoms with E-state index in [0.717, 1.165) is 15.9 Å². The van der Waals surface area contributed by atoms with Crippen molar-refractivity contribution >= 4 is 51.0 Å². The first-order chi connectivity index (χ1) is 14.0. The number of hydrogen-bond acceptors (Lipinski definition) is 7. The number of amides is 2. The number of carboxylic acid groups (broad SMARTS) is 1. The van der Waals surface area contributed by atoms with Gasteiger partial charge in [-0.3, -0.25) is 19.7 Å². The molecule has 2 N–H and O–H groups in total. The van der Waals surface area contributed by atoms with E-state index in [1.165, 1.54) is 26.0 Å². The van der Waals surface area contributed by atoms with Crippen LogP contribution in [-0.4, -0.2) is 67.7 Å². The van der Waals surface area contributed by atoms with Crippen molar-refractivity contribution in [1.29, 1.82) is 0 Å². The summed E-state index contributed by atoms with van der Waals surface area (Å²) in [6, 6.07) is 5.38. The van der Waals surface area contributed by atoms with Crippen LogP contribution in [-0.2, 0) is 14.4 Å². The Bertz CT molecular complexity index is 827. The lowest BCUT2D eigenvalue weighted by molar-refractivity contribution is -0.486. The molecule has 0 radical (unpaired) electrons. The number of ether oxygens (including phenoxy) is 1. The number of hydrogen-bond donors (Lipinski definition) is 2. The summed E-state index contributed by atoms with van der Waals surface area (Å²) in [5.74, 6) is -2.74. The lowest BCUT2D eigenvalue weighted by atomic mass is 9.95. The Morgan fingerprint density at radius 2 is 2.00 bits per heavy atom. The van der Waals surface area contributed by atoms with E-state index in [1.807, 2.05) is 0 Å². The Balaban J connectivity index is 2.12. The molecule has 13 heteroatoms. The lowest BCUT2D eigenvalue weighted by Gasteiger charge is -2.49. The zero-order chi connectivity index (χ0) is 22.6. The minimum absolute atomic E-state index is 0.232. The maximum atomic E-state index is 12.6. The van der Waals surface area contributed by atoms with Crippen LogP contribution >= 0.6 is 33.3 Å². The molecule has 0 spiro atoms. The molecule has 0 saturated carbocycles. The molecule has 1 saturated heterocycles. The third kappa shape index (κ3) is 5.27. The van der Waals surface area contributed by atoms with Gasteiger partial charge in [-0.05, 0) is 47.6 Å². The number of rotatable bonds is 10. The van der Waals surface area contributed by atoms with Gasteiger partial charge < -0.3 is 20.1 Å². The SMILES string of the molecule is CC(C)(SCl)C(C(=O)O)N1C(=O)C(NC(=O)C(C[N+](=O)[O-])Oc2ccccc2)C1Cl. The van der Waals surface area contributed by atoms with Crippen molar-refractivity contribution in [2.45, 2.75) is 42.3 Å². The average molecular weight is 480 g/mol. The Hall–Kier alpha value is -2.24. The third-order valence-corrected chi connectivity index (χ3v) is 6.63. The number of carboxylic acids is 1. The second-order valence-corrected chi connectivity index (χ2v) is 9.08. The third-order valence-electron chi connectivity index (χ3n) is 4.36. The van der Waals surface area contributed by atoms with Crippen molar-refractivity contribution in [3.63, 3.8) is 0 Å². The normalized spacial score (nSPS) is 20.7. The van der Waals surface area contributed by atoms with Crippen LogP contribution in [0.25, 0.3) is 0 Å². The number of aliphatic carboxylic acids is 1. The van der Waals surface area contributed by atoms with Gasteiger partial charge in [0.05, 0.1) is 4.75 Å². The number of likely N-dealkylation sites (tertiary alicyclic amines) is 1. The quantitative estimate of drug-likeness (QED) is 0.170. The molecule has 1 heterocycles. The predicted octanol–water partition coefficient (Wildman–Crippen LogP) is 1.72. The molecule has 1 aliphatic rings. The van der Waals surface area contributed by atoms with Gasteiger partial charge in [-0.2, -0.15) is 0 Å². The number of benzene rings is 1. The van der Waals surface area contributed by atoms with Crippen molar-refractivity contribution in [1.82, 2.24) is 10.2 Å². The van der Waals surface area contributed by atoms with Crippen LogP contribution < -0.4 is 10.1 Å². The van der Waals surface area contributed by atoms with Crippen LogP contribution in [0.3, 0.4) is 0 Å². The minimum Gasteiger partial charge on any atom is -0.480 e. The van der Waals surface area contributed by atoms with E-state index in [9.17, 15) is 29.6 Å². The highest BCUT2D eigenvalue weighted by molar-refractivity contribution is 8.22. The van der Waals surface area contributed by atoms with Crippen molar-refractivity contribution in [3.8, 4) is 5.75 Å². The molecule has 1 fully saturated rings. The summed E-state index contributed by atoms with van der Waals surface area (Å²) in [6.07, 6.45) is -1.52. The standard InChI is InChI=1S/C17H19Cl2N3O7S/c1-17(2,30-19)12(16(25)26)22-13(18)11(15(22)24)20-14(23)10(8-21(27)28)29-9-6-4-3-5-7-9/h3-7,10-13H,8H2,1-2H3,(H,20,23)(H,25,26). The van der Waals surface area contributed by atoms with Gasteiger partial charge in [-0.25, -0.2) is 4.79 Å². The van der Waals surface area contributed by atoms with Gasteiger partial charge in [0, 0.05) is 4.92 Å². The monoisotopic (exact) mass is 479 g/mol. The van der Waals surface area contributed by atoms with Gasteiger partial charge >= 0.3 is 5.97 Å². The maximum Gasteiger partial charge on any atom is 0.327 e. The Kier molecular flexibility index (Phi) is 7.78. The van der Waals surface area contributed by atoms with Gasteiger partial charge in [0.1, 0.15) is 23.3 Å². The number of carbonyl (C=O) groups excluding carboxylic acids is 2. The number of nitrogens with zero attached hydrogens (tertiary/aromatic N) is 2. The van der Waals surface area contributed by atoms with Gasteiger partial charge in [0.25, 0.3) is 11.8 Å². The van der Waals surface area contributed by atoms with E-state index in [4.69, 9.17) is 27.0 Å². The van der Waals surface area contributed by atoms with Gasteiger partial charge in [-0.15, -0.1) is 0 Å². The Morgan fingerprint density at radius 1 is 1.40 bits per heavy atom. The average Bonchev–Trinajstić information content (AvgIpc) is 2.69. The highest BCUT2D eigenvalue weighted by atomic mass is 35.7. The Labute approximate surface area is 185 Å². The summed E-state index contributed by atoms with van der Waals surface area (Å²) < 4.78 is 4.30. The number of para-hydroxylation sites is 1. The summed E-state index contributed by atoms with van der Waals surface area (Å²) >= 11 is 6.19. The fourth-order valence-corrected chi connectivity index (χ4v) is 3.82. The van der Waals surface area contributed by atoms with E-state index in [-0.39, 0.29) is 5.75 Å². The summed E-state index contributed by atoms with van der Waals surface area (Å²) in [5, 5.41) is 22.8. The lowest BCUT2D eigenvalue weighted by Crippen LogP contribution is -2.75.